The van der Waals surface area contributed by atoms with Crippen LogP contribution >= 0.6 is 0 Å². The maximum absolute atomic E-state index is 13.2. The van der Waals surface area contributed by atoms with Crippen LogP contribution in [0, 0.1) is 5.41 Å². The summed E-state index contributed by atoms with van der Waals surface area (Å²) in [6.45, 7) is 0. The number of hydrogen-bond acceptors (Lipinski definition) is 6. The molecule has 29 heavy (non-hydrogen) atoms. The van der Waals surface area contributed by atoms with Gasteiger partial charge in [-0.1, -0.05) is 6.07 Å². The Morgan fingerprint density at radius 3 is 2.28 bits per heavy atom. The van der Waals surface area contributed by atoms with Gasteiger partial charge in [0, 0.05) is 17.6 Å². The predicted molar refractivity (Wildman–Crippen MR) is 109 cm³/mol. The zero-order valence-electron chi connectivity index (χ0n) is 16.1. The molecular formula is C20H20N4O5. The number of rotatable bonds is 5. The molecule has 0 spiro atoms. The quantitative estimate of drug-likeness (QED) is 0.444. The van der Waals surface area contributed by atoms with E-state index in [1.165, 1.54) is 38.2 Å². The molecule has 1 heterocycles. The molecule has 4 N–H and O–H groups in total. The number of fused-ring (bicyclic) bond motifs is 1. The molecule has 0 saturated heterocycles. The van der Waals surface area contributed by atoms with Gasteiger partial charge in [-0.2, -0.15) is 0 Å². The van der Waals surface area contributed by atoms with Crippen LogP contribution in [0.1, 0.15) is 10.4 Å². The van der Waals surface area contributed by atoms with Crippen LogP contribution in [0.2, 0.25) is 0 Å². The Morgan fingerprint density at radius 1 is 1.03 bits per heavy atom. The number of nitrogens with zero attached hydrogens (tertiary/aromatic N) is 1. The van der Waals surface area contributed by atoms with Crippen LogP contribution in [0.3, 0.4) is 0 Å². The van der Waals surface area contributed by atoms with Gasteiger partial charge in [0.1, 0.15) is 5.75 Å². The predicted octanol–water partition coefficient (Wildman–Crippen LogP) is 1.64. The van der Waals surface area contributed by atoms with Gasteiger partial charge in [-0.3, -0.25) is 24.9 Å². The minimum Gasteiger partial charge on any atom is -0.497 e. The minimum atomic E-state index is -0.633. The molecule has 150 valence electrons. The molecule has 1 amide bonds. The van der Waals surface area contributed by atoms with Gasteiger partial charge < -0.3 is 19.9 Å². The topological polar surface area (TPSA) is 129 Å². The number of nitrogens with one attached hydrogen (secondary N) is 2. The lowest BCUT2D eigenvalue weighted by Gasteiger charge is -2.15. The Morgan fingerprint density at radius 2 is 1.69 bits per heavy atom. The van der Waals surface area contributed by atoms with Crippen molar-refractivity contribution in [2.75, 3.05) is 21.3 Å². The summed E-state index contributed by atoms with van der Waals surface area (Å²) in [5, 5.41) is 10.2. The van der Waals surface area contributed by atoms with Crippen molar-refractivity contribution in [1.82, 2.24) is 9.88 Å². The molecule has 0 fully saturated rings. The molecule has 0 aliphatic heterocycles. The number of hydrogen-bond donors (Lipinski definition) is 3. The molecule has 3 rings (SSSR count). The molecule has 9 heteroatoms. The maximum atomic E-state index is 13.2. The van der Waals surface area contributed by atoms with Crippen molar-refractivity contribution < 1.29 is 19.0 Å². The largest absolute Gasteiger partial charge is 0.497 e. The summed E-state index contributed by atoms with van der Waals surface area (Å²) in [4.78, 5) is 25.9. The van der Waals surface area contributed by atoms with Crippen molar-refractivity contribution in [3.8, 4) is 22.9 Å². The third kappa shape index (κ3) is 3.70. The number of pyridine rings is 1. The Kier molecular flexibility index (Phi) is 5.40. The molecule has 0 saturated carbocycles. The number of amides is 1. The second-order valence-electron chi connectivity index (χ2n) is 6.04. The van der Waals surface area contributed by atoms with E-state index in [4.69, 9.17) is 25.4 Å². The second kappa shape index (κ2) is 7.93. The fourth-order valence-electron chi connectivity index (χ4n) is 2.99. The Labute approximate surface area is 166 Å². The van der Waals surface area contributed by atoms with Gasteiger partial charge >= 0.3 is 0 Å². The third-order valence-corrected chi connectivity index (χ3v) is 4.35. The first-order valence-corrected chi connectivity index (χ1v) is 8.50. The van der Waals surface area contributed by atoms with E-state index in [1.54, 1.807) is 30.3 Å². The van der Waals surface area contributed by atoms with Crippen LogP contribution in [0.4, 0.5) is 0 Å². The number of aromatic nitrogens is 1. The SMILES string of the molecule is COc1cccc(-n2cc(C(=O)NC(=N)N)c3cc(OC)c(OC)cc3c2=O)c1. The summed E-state index contributed by atoms with van der Waals surface area (Å²) in [5.41, 5.74) is 5.59. The van der Waals surface area contributed by atoms with Gasteiger partial charge in [-0.25, -0.2) is 0 Å². The maximum Gasteiger partial charge on any atom is 0.263 e. The number of nitrogens with two attached hydrogens (primary N) is 1. The number of carbonyl (C=O) groups excluding carboxylic acids is 1. The van der Waals surface area contributed by atoms with Gasteiger partial charge in [-0.05, 0) is 24.3 Å². The molecule has 0 unspecified atom stereocenters. The molecule has 0 bridgehead atoms. The van der Waals surface area contributed by atoms with Crippen LogP contribution in [-0.2, 0) is 0 Å². The Balaban J connectivity index is 2.38. The van der Waals surface area contributed by atoms with Gasteiger partial charge in [-0.15, -0.1) is 0 Å². The number of guanidine groups is 1. The van der Waals surface area contributed by atoms with Crippen molar-refractivity contribution >= 4 is 22.6 Å². The smallest absolute Gasteiger partial charge is 0.263 e. The lowest BCUT2D eigenvalue weighted by Crippen LogP contribution is -2.36. The standard InChI is InChI=1S/C20H20N4O5/c1-27-12-6-4-5-11(7-12)24-10-15(18(25)23-20(21)22)13-8-16(28-2)17(29-3)9-14(13)19(24)26/h4-10H,1-3H3,(H4,21,22,23,25). The monoisotopic (exact) mass is 396 g/mol. The normalized spacial score (nSPS) is 10.4. The van der Waals surface area contributed by atoms with Crippen LogP contribution in [0.5, 0.6) is 17.2 Å². The van der Waals surface area contributed by atoms with Crippen molar-refractivity contribution in [2.45, 2.75) is 0 Å². The highest BCUT2D eigenvalue weighted by atomic mass is 16.5. The molecule has 0 aliphatic rings. The zero-order valence-corrected chi connectivity index (χ0v) is 16.1. The van der Waals surface area contributed by atoms with Gasteiger partial charge in [0.15, 0.2) is 17.5 Å². The number of ether oxygens (including phenoxy) is 3. The lowest BCUT2D eigenvalue weighted by atomic mass is 10.1. The van der Waals surface area contributed by atoms with E-state index in [-0.39, 0.29) is 16.5 Å². The fraction of sp³-hybridized carbons (Fsp3) is 0.150. The van der Waals surface area contributed by atoms with Crippen LogP contribution in [0.25, 0.3) is 16.5 Å². The van der Waals surface area contributed by atoms with Crippen molar-refractivity contribution in [1.29, 1.82) is 5.41 Å². The van der Waals surface area contributed by atoms with E-state index in [1.807, 2.05) is 0 Å². The molecule has 1 aromatic heterocycles. The van der Waals surface area contributed by atoms with E-state index in [0.717, 1.165) is 0 Å². The van der Waals surface area contributed by atoms with Crippen molar-refractivity contribution in [3.63, 3.8) is 0 Å². The van der Waals surface area contributed by atoms with E-state index in [2.05, 4.69) is 5.32 Å². The fourth-order valence-corrected chi connectivity index (χ4v) is 2.99. The van der Waals surface area contributed by atoms with Crippen molar-refractivity contribution in [2.24, 2.45) is 5.73 Å². The van der Waals surface area contributed by atoms with Crippen LogP contribution in [0.15, 0.2) is 47.4 Å². The highest BCUT2D eigenvalue weighted by Crippen LogP contribution is 2.32. The molecule has 9 nitrogen and oxygen atoms in total. The van der Waals surface area contributed by atoms with Gasteiger partial charge in [0.25, 0.3) is 11.5 Å². The molecule has 2 aromatic carbocycles. The van der Waals surface area contributed by atoms with E-state index >= 15 is 0 Å². The van der Waals surface area contributed by atoms with Gasteiger partial charge in [0.2, 0.25) is 0 Å². The van der Waals surface area contributed by atoms with E-state index < -0.39 is 11.9 Å². The molecule has 0 radical (unpaired) electrons. The lowest BCUT2D eigenvalue weighted by molar-refractivity contribution is 0.0977. The minimum absolute atomic E-state index is 0.138. The summed E-state index contributed by atoms with van der Waals surface area (Å²) in [5.74, 6) is 0.111. The zero-order chi connectivity index (χ0) is 21.1. The highest BCUT2D eigenvalue weighted by Gasteiger charge is 2.19. The first kappa shape index (κ1) is 19.7. The molecule has 0 aliphatic carbocycles. The van der Waals surface area contributed by atoms with Crippen LogP contribution < -0.4 is 30.8 Å². The first-order valence-electron chi connectivity index (χ1n) is 8.50. The van der Waals surface area contributed by atoms with E-state index in [0.29, 0.717) is 28.3 Å². The summed E-state index contributed by atoms with van der Waals surface area (Å²) < 4.78 is 17.1. The summed E-state index contributed by atoms with van der Waals surface area (Å²) in [6.07, 6.45) is 1.39. The second-order valence-corrected chi connectivity index (χ2v) is 6.04. The van der Waals surface area contributed by atoms with E-state index in [9.17, 15) is 9.59 Å². The number of methoxy groups -OCH3 is 3. The summed E-state index contributed by atoms with van der Waals surface area (Å²) >= 11 is 0. The average Bonchev–Trinajstić information content (AvgIpc) is 2.72. The molecule has 3 aromatic rings. The van der Waals surface area contributed by atoms with Crippen molar-refractivity contribution in [3.05, 3.63) is 58.5 Å². The summed E-state index contributed by atoms with van der Waals surface area (Å²) in [7, 11) is 4.43. The van der Waals surface area contributed by atoms with Crippen LogP contribution in [-0.4, -0.2) is 37.8 Å². The molecular weight excluding hydrogens is 376 g/mol. The average molecular weight is 396 g/mol. The van der Waals surface area contributed by atoms with Gasteiger partial charge in [0.05, 0.1) is 38.0 Å². The highest BCUT2D eigenvalue weighted by molar-refractivity contribution is 6.12. The third-order valence-electron chi connectivity index (χ3n) is 4.35. The Bertz CT molecular complexity index is 1170. The first-order chi connectivity index (χ1) is 13.9. The Hall–Kier alpha value is -4.01. The molecule has 0 atom stereocenters. The number of carbonyl (C=O) groups is 1. The number of benzene rings is 2. The summed E-state index contributed by atoms with van der Waals surface area (Å²) in [6, 6.07) is 9.91.